The van der Waals surface area contributed by atoms with E-state index in [9.17, 15) is 4.39 Å². The molecule has 1 atom stereocenters. The summed E-state index contributed by atoms with van der Waals surface area (Å²) in [5, 5.41) is 3.41. The maximum Gasteiger partial charge on any atom is 0.142 e. The van der Waals surface area contributed by atoms with E-state index in [-0.39, 0.29) is 16.9 Å². The molecule has 0 amide bonds. The molecular formula is C15H14BrClFN. The van der Waals surface area contributed by atoms with Gasteiger partial charge in [-0.2, -0.15) is 0 Å². The molecule has 2 aromatic rings. The number of rotatable bonds is 4. The van der Waals surface area contributed by atoms with Gasteiger partial charge in [-0.3, -0.25) is 0 Å². The first kappa shape index (κ1) is 14.5. The minimum absolute atomic E-state index is 0.121. The summed E-state index contributed by atoms with van der Waals surface area (Å²) in [4.78, 5) is 0. The maximum atomic E-state index is 13.5. The van der Waals surface area contributed by atoms with Crippen LogP contribution in [0.3, 0.4) is 0 Å². The number of likely N-dealkylation sites (N-methyl/N-ethyl adjacent to an activating group) is 1. The van der Waals surface area contributed by atoms with E-state index in [4.69, 9.17) is 11.6 Å². The fraction of sp³-hybridized carbons (Fsp3) is 0.200. The Morgan fingerprint density at radius 2 is 2.00 bits per heavy atom. The van der Waals surface area contributed by atoms with E-state index in [0.29, 0.717) is 6.42 Å². The van der Waals surface area contributed by atoms with Crippen LogP contribution in [-0.4, -0.2) is 7.05 Å². The van der Waals surface area contributed by atoms with Crippen LogP contribution in [-0.2, 0) is 6.42 Å². The standard InChI is InChI=1S/C15H14BrClFN/c1-19-15(11-4-2-3-5-12(11)16)9-10-6-7-13(17)14(18)8-10/h2-8,15,19H,9H2,1H3. The third kappa shape index (κ3) is 3.56. The summed E-state index contributed by atoms with van der Waals surface area (Å²) in [5.41, 5.74) is 2.07. The van der Waals surface area contributed by atoms with Crippen LogP contribution in [0.5, 0.6) is 0 Å². The summed E-state index contributed by atoms with van der Waals surface area (Å²) < 4.78 is 14.5. The van der Waals surface area contributed by atoms with Crippen molar-refractivity contribution < 1.29 is 4.39 Å². The quantitative estimate of drug-likeness (QED) is 0.846. The molecule has 0 bridgehead atoms. The zero-order valence-corrected chi connectivity index (χ0v) is 12.8. The molecule has 0 radical (unpaired) electrons. The van der Waals surface area contributed by atoms with Crippen molar-refractivity contribution in [1.29, 1.82) is 0 Å². The predicted octanol–water partition coefficient (Wildman–Crippen LogP) is 4.74. The molecule has 1 unspecified atom stereocenters. The molecule has 0 aromatic heterocycles. The summed E-state index contributed by atoms with van der Waals surface area (Å²) >= 11 is 9.24. The van der Waals surface area contributed by atoms with Gasteiger partial charge in [0.15, 0.2) is 0 Å². The molecule has 100 valence electrons. The first-order valence-electron chi connectivity index (χ1n) is 5.97. The van der Waals surface area contributed by atoms with Gasteiger partial charge in [0.25, 0.3) is 0 Å². The number of nitrogens with one attached hydrogen (secondary N) is 1. The Morgan fingerprint density at radius 1 is 1.26 bits per heavy atom. The van der Waals surface area contributed by atoms with Gasteiger partial charge in [0, 0.05) is 10.5 Å². The van der Waals surface area contributed by atoms with Crippen molar-refractivity contribution in [2.24, 2.45) is 0 Å². The largest absolute Gasteiger partial charge is 0.313 e. The Kier molecular flexibility index (Phi) is 4.97. The highest BCUT2D eigenvalue weighted by molar-refractivity contribution is 9.10. The molecule has 0 spiro atoms. The van der Waals surface area contributed by atoms with Crippen LogP contribution < -0.4 is 5.32 Å². The lowest BCUT2D eigenvalue weighted by Crippen LogP contribution is -2.19. The van der Waals surface area contributed by atoms with Crippen LogP contribution >= 0.6 is 27.5 Å². The maximum absolute atomic E-state index is 13.5. The van der Waals surface area contributed by atoms with Gasteiger partial charge in [-0.05, 0) is 42.8 Å². The number of hydrogen-bond donors (Lipinski definition) is 1. The average Bonchev–Trinajstić information content (AvgIpc) is 2.41. The van der Waals surface area contributed by atoms with Gasteiger partial charge in [0.05, 0.1) is 5.02 Å². The third-order valence-corrected chi connectivity index (χ3v) is 4.08. The van der Waals surface area contributed by atoms with Crippen LogP contribution in [0.1, 0.15) is 17.2 Å². The van der Waals surface area contributed by atoms with Crippen molar-refractivity contribution in [3.63, 3.8) is 0 Å². The highest BCUT2D eigenvalue weighted by atomic mass is 79.9. The Labute approximate surface area is 125 Å². The molecule has 0 aliphatic heterocycles. The summed E-state index contributed by atoms with van der Waals surface area (Å²) in [7, 11) is 1.90. The molecule has 19 heavy (non-hydrogen) atoms. The van der Waals surface area contributed by atoms with E-state index in [0.717, 1.165) is 15.6 Å². The van der Waals surface area contributed by atoms with Gasteiger partial charge in [-0.1, -0.05) is 51.8 Å². The smallest absolute Gasteiger partial charge is 0.142 e. The van der Waals surface area contributed by atoms with E-state index in [1.54, 1.807) is 6.07 Å². The van der Waals surface area contributed by atoms with E-state index in [1.165, 1.54) is 6.07 Å². The molecule has 0 saturated heterocycles. The van der Waals surface area contributed by atoms with Crippen LogP contribution in [0, 0.1) is 5.82 Å². The molecule has 1 N–H and O–H groups in total. The van der Waals surface area contributed by atoms with Crippen LogP contribution in [0.15, 0.2) is 46.9 Å². The lowest BCUT2D eigenvalue weighted by atomic mass is 9.99. The Hall–Kier alpha value is -0.900. The molecular weight excluding hydrogens is 329 g/mol. The van der Waals surface area contributed by atoms with E-state index < -0.39 is 0 Å². The molecule has 4 heteroatoms. The average molecular weight is 343 g/mol. The first-order chi connectivity index (χ1) is 9.11. The monoisotopic (exact) mass is 341 g/mol. The Bertz CT molecular complexity index is 574. The highest BCUT2D eigenvalue weighted by Crippen LogP contribution is 2.26. The van der Waals surface area contributed by atoms with Crippen molar-refractivity contribution in [3.05, 3.63) is 68.9 Å². The molecule has 2 aromatic carbocycles. The van der Waals surface area contributed by atoms with Crippen molar-refractivity contribution >= 4 is 27.5 Å². The van der Waals surface area contributed by atoms with E-state index >= 15 is 0 Å². The zero-order chi connectivity index (χ0) is 13.8. The highest BCUT2D eigenvalue weighted by Gasteiger charge is 2.13. The normalized spacial score (nSPS) is 12.4. The van der Waals surface area contributed by atoms with Gasteiger partial charge in [0.1, 0.15) is 5.82 Å². The zero-order valence-electron chi connectivity index (χ0n) is 10.5. The molecule has 0 aliphatic carbocycles. The van der Waals surface area contributed by atoms with Crippen LogP contribution in [0.25, 0.3) is 0 Å². The van der Waals surface area contributed by atoms with Crippen molar-refractivity contribution in [2.75, 3.05) is 7.05 Å². The lowest BCUT2D eigenvalue weighted by Gasteiger charge is -2.18. The van der Waals surface area contributed by atoms with Gasteiger partial charge in [-0.25, -0.2) is 4.39 Å². The molecule has 1 nitrogen and oxygen atoms in total. The number of hydrogen-bond acceptors (Lipinski definition) is 1. The van der Waals surface area contributed by atoms with E-state index in [1.807, 2.05) is 31.3 Å². The predicted molar refractivity (Wildman–Crippen MR) is 81.1 cm³/mol. The van der Waals surface area contributed by atoms with Gasteiger partial charge >= 0.3 is 0 Å². The second kappa shape index (κ2) is 6.51. The SMILES string of the molecule is CNC(Cc1ccc(Cl)c(F)c1)c1ccccc1Br. The first-order valence-corrected chi connectivity index (χ1v) is 7.14. The van der Waals surface area contributed by atoms with Gasteiger partial charge in [0.2, 0.25) is 0 Å². The van der Waals surface area contributed by atoms with Gasteiger partial charge < -0.3 is 5.32 Å². The minimum atomic E-state index is -0.374. The Balaban J connectivity index is 2.24. The summed E-state index contributed by atoms with van der Waals surface area (Å²) in [5.74, 6) is -0.374. The number of benzene rings is 2. The van der Waals surface area contributed by atoms with Crippen molar-refractivity contribution in [3.8, 4) is 0 Å². The number of halogens is 3. The fourth-order valence-electron chi connectivity index (χ4n) is 2.03. The minimum Gasteiger partial charge on any atom is -0.313 e. The molecule has 0 fully saturated rings. The third-order valence-electron chi connectivity index (χ3n) is 3.05. The molecule has 0 saturated carbocycles. The fourth-order valence-corrected chi connectivity index (χ4v) is 2.71. The summed E-state index contributed by atoms with van der Waals surface area (Å²) in [6, 6.07) is 13.1. The summed E-state index contributed by atoms with van der Waals surface area (Å²) in [6.45, 7) is 0. The second-order valence-electron chi connectivity index (χ2n) is 4.32. The van der Waals surface area contributed by atoms with Crippen molar-refractivity contribution in [1.82, 2.24) is 5.32 Å². The molecule has 0 heterocycles. The molecule has 2 rings (SSSR count). The second-order valence-corrected chi connectivity index (χ2v) is 5.58. The van der Waals surface area contributed by atoms with Crippen molar-refractivity contribution in [2.45, 2.75) is 12.5 Å². The summed E-state index contributed by atoms with van der Waals surface area (Å²) in [6.07, 6.45) is 0.702. The van der Waals surface area contributed by atoms with Gasteiger partial charge in [-0.15, -0.1) is 0 Å². The molecule has 0 aliphatic rings. The lowest BCUT2D eigenvalue weighted by molar-refractivity contribution is 0.582. The van der Waals surface area contributed by atoms with Crippen LogP contribution in [0.4, 0.5) is 4.39 Å². The topological polar surface area (TPSA) is 12.0 Å². The Morgan fingerprint density at radius 3 is 2.63 bits per heavy atom. The van der Waals surface area contributed by atoms with E-state index in [2.05, 4.69) is 27.3 Å². The van der Waals surface area contributed by atoms with Crippen LogP contribution in [0.2, 0.25) is 5.02 Å².